The van der Waals surface area contributed by atoms with Gasteiger partial charge < -0.3 is 23.7 Å². The van der Waals surface area contributed by atoms with Crippen LogP contribution in [0.4, 0.5) is 5.69 Å². The number of anilines is 1. The molecule has 1 amide bonds. The van der Waals surface area contributed by atoms with Crippen LogP contribution in [0, 0.1) is 0 Å². The van der Waals surface area contributed by atoms with E-state index in [2.05, 4.69) is 6.58 Å². The zero-order valence-corrected chi connectivity index (χ0v) is 22.0. The molecule has 0 aliphatic carbocycles. The van der Waals surface area contributed by atoms with E-state index in [0.29, 0.717) is 42.2 Å². The van der Waals surface area contributed by atoms with Crippen molar-refractivity contribution in [1.82, 2.24) is 0 Å². The summed E-state index contributed by atoms with van der Waals surface area (Å²) >= 11 is 0. The molecule has 0 aromatic heterocycles. The van der Waals surface area contributed by atoms with Crippen molar-refractivity contribution in [2.75, 3.05) is 31.5 Å². The number of amides is 1. The van der Waals surface area contributed by atoms with Gasteiger partial charge in [0.05, 0.1) is 30.9 Å². The molecule has 10 nitrogen and oxygen atoms in total. The Hall–Kier alpha value is -5.22. The summed E-state index contributed by atoms with van der Waals surface area (Å²) in [7, 11) is 0. The highest BCUT2D eigenvalue weighted by Crippen LogP contribution is 2.22. The van der Waals surface area contributed by atoms with Crippen molar-refractivity contribution in [2.45, 2.75) is 6.42 Å². The van der Waals surface area contributed by atoms with Crippen LogP contribution in [0.1, 0.15) is 27.1 Å². The Kier molecular flexibility index (Phi) is 10.0. The van der Waals surface area contributed by atoms with E-state index in [9.17, 15) is 19.2 Å². The molecule has 3 aromatic rings. The number of carbonyl (C=O) groups excluding carboxylic acids is 4. The van der Waals surface area contributed by atoms with Crippen LogP contribution in [0.2, 0.25) is 0 Å². The number of carbonyl (C=O) groups is 4. The van der Waals surface area contributed by atoms with E-state index in [-0.39, 0.29) is 30.7 Å². The molecule has 1 aliphatic heterocycles. The third-order valence-electron chi connectivity index (χ3n) is 5.68. The van der Waals surface area contributed by atoms with Gasteiger partial charge >= 0.3 is 17.9 Å². The molecule has 1 aliphatic rings. The van der Waals surface area contributed by atoms with Crippen molar-refractivity contribution in [2.24, 2.45) is 0 Å². The molecule has 0 atom stereocenters. The SMILES string of the molecule is C=CC(=O)OCCCOc1ccc(C(=O)Oc2ccc(OC(=O)c3ccc(N4COCC=CC4=O)cc3)cc2)cc1. The smallest absolute Gasteiger partial charge is 0.343 e. The first-order valence-corrected chi connectivity index (χ1v) is 12.7. The Bertz CT molecular complexity index is 1410. The van der Waals surface area contributed by atoms with Crippen LogP contribution in [-0.2, 0) is 19.1 Å². The molecule has 3 aromatic carbocycles. The first kappa shape index (κ1) is 28.8. The van der Waals surface area contributed by atoms with Crippen LogP contribution in [-0.4, -0.2) is 50.4 Å². The van der Waals surface area contributed by atoms with Gasteiger partial charge in [-0.1, -0.05) is 12.7 Å². The summed E-state index contributed by atoms with van der Waals surface area (Å²) in [5, 5.41) is 0. The first-order chi connectivity index (χ1) is 19.9. The fourth-order valence-electron chi connectivity index (χ4n) is 3.57. The minimum atomic E-state index is -0.584. The molecule has 0 bridgehead atoms. The minimum absolute atomic E-state index is 0.115. The highest BCUT2D eigenvalue weighted by molar-refractivity contribution is 6.02. The lowest BCUT2D eigenvalue weighted by molar-refractivity contribution is -0.138. The predicted molar refractivity (Wildman–Crippen MR) is 148 cm³/mol. The lowest BCUT2D eigenvalue weighted by Gasteiger charge is -2.19. The van der Waals surface area contributed by atoms with Crippen LogP contribution in [0.15, 0.2) is 97.6 Å². The Balaban J connectivity index is 1.24. The van der Waals surface area contributed by atoms with Crippen molar-refractivity contribution >= 4 is 29.5 Å². The molecule has 0 radical (unpaired) electrons. The van der Waals surface area contributed by atoms with E-state index in [4.69, 9.17) is 23.7 Å². The molecular weight excluding hydrogens is 530 g/mol. The van der Waals surface area contributed by atoms with E-state index in [1.807, 2.05) is 0 Å². The number of hydrogen-bond donors (Lipinski definition) is 0. The van der Waals surface area contributed by atoms with Crippen molar-refractivity contribution in [1.29, 1.82) is 0 Å². The summed E-state index contributed by atoms with van der Waals surface area (Å²) in [6.07, 6.45) is 4.70. The molecule has 0 N–H and O–H groups in total. The first-order valence-electron chi connectivity index (χ1n) is 12.7. The fraction of sp³-hybridized carbons (Fsp3) is 0.161. The molecule has 0 spiro atoms. The maximum Gasteiger partial charge on any atom is 0.343 e. The van der Waals surface area contributed by atoms with E-state index < -0.39 is 17.9 Å². The van der Waals surface area contributed by atoms with Crippen LogP contribution < -0.4 is 19.1 Å². The minimum Gasteiger partial charge on any atom is -0.493 e. The molecule has 1 heterocycles. The zero-order chi connectivity index (χ0) is 29.0. The van der Waals surface area contributed by atoms with E-state index in [1.165, 1.54) is 35.2 Å². The van der Waals surface area contributed by atoms with Crippen LogP contribution >= 0.6 is 0 Å². The Labute approximate surface area is 236 Å². The average molecular weight is 558 g/mol. The maximum absolute atomic E-state index is 12.6. The molecule has 210 valence electrons. The third kappa shape index (κ3) is 8.38. The Morgan fingerprint density at radius 2 is 1.37 bits per heavy atom. The fourth-order valence-corrected chi connectivity index (χ4v) is 3.57. The van der Waals surface area contributed by atoms with Gasteiger partial charge in [0.15, 0.2) is 0 Å². The van der Waals surface area contributed by atoms with Crippen LogP contribution in [0.3, 0.4) is 0 Å². The van der Waals surface area contributed by atoms with Gasteiger partial charge in [0.25, 0.3) is 5.91 Å². The second kappa shape index (κ2) is 14.2. The number of rotatable bonds is 11. The van der Waals surface area contributed by atoms with E-state index in [1.54, 1.807) is 54.6 Å². The molecule has 4 rings (SSSR count). The number of hydrogen-bond acceptors (Lipinski definition) is 9. The van der Waals surface area contributed by atoms with Gasteiger partial charge in [-0.15, -0.1) is 0 Å². The lowest BCUT2D eigenvalue weighted by Crippen LogP contribution is -2.30. The highest BCUT2D eigenvalue weighted by atomic mass is 16.5. The predicted octanol–water partition coefficient (Wildman–Crippen LogP) is 4.50. The molecule has 0 saturated carbocycles. The van der Waals surface area contributed by atoms with Gasteiger partial charge in [-0.25, -0.2) is 14.4 Å². The van der Waals surface area contributed by atoms with Gasteiger partial charge in [0.2, 0.25) is 0 Å². The summed E-state index contributed by atoms with van der Waals surface area (Å²) in [5.74, 6) is -0.752. The largest absolute Gasteiger partial charge is 0.493 e. The molecule has 0 saturated heterocycles. The maximum atomic E-state index is 12.6. The summed E-state index contributed by atoms with van der Waals surface area (Å²) in [6, 6.07) is 18.9. The number of esters is 3. The topological polar surface area (TPSA) is 118 Å². The van der Waals surface area contributed by atoms with Gasteiger partial charge in [0.1, 0.15) is 24.0 Å². The molecule has 10 heteroatoms. The van der Waals surface area contributed by atoms with Crippen molar-refractivity contribution in [3.05, 3.63) is 109 Å². The van der Waals surface area contributed by atoms with Crippen LogP contribution in [0.5, 0.6) is 17.2 Å². The third-order valence-corrected chi connectivity index (χ3v) is 5.68. The van der Waals surface area contributed by atoms with Crippen LogP contribution in [0.25, 0.3) is 0 Å². The summed E-state index contributed by atoms with van der Waals surface area (Å²) in [4.78, 5) is 49.7. The Morgan fingerprint density at radius 3 is 1.95 bits per heavy atom. The van der Waals surface area contributed by atoms with E-state index in [0.717, 1.165) is 6.08 Å². The van der Waals surface area contributed by atoms with Gasteiger partial charge in [-0.2, -0.15) is 0 Å². The summed E-state index contributed by atoms with van der Waals surface area (Å²) in [6.45, 7) is 4.35. The second-order valence-corrected chi connectivity index (χ2v) is 8.56. The lowest BCUT2D eigenvalue weighted by atomic mass is 10.2. The Morgan fingerprint density at radius 1 is 0.805 bits per heavy atom. The van der Waals surface area contributed by atoms with Crippen molar-refractivity contribution < 1.29 is 42.9 Å². The van der Waals surface area contributed by atoms with E-state index >= 15 is 0 Å². The number of nitrogens with zero attached hydrogens (tertiary/aromatic N) is 1. The standard InChI is InChI=1S/C31H27NO9/c1-2-29(34)39-20-4-19-38-25-12-8-23(9-13-25)31(36)41-27-16-14-26(15-17-27)40-30(35)22-6-10-24(11-7-22)32-21-37-18-3-5-28(32)33/h2-3,5-17H,1,4,18-21H2. The van der Waals surface area contributed by atoms with Crippen molar-refractivity contribution in [3.63, 3.8) is 0 Å². The van der Waals surface area contributed by atoms with Gasteiger partial charge in [-0.05, 0) is 72.8 Å². The monoisotopic (exact) mass is 557 g/mol. The summed E-state index contributed by atoms with van der Waals surface area (Å²) in [5.41, 5.74) is 1.21. The molecule has 0 unspecified atom stereocenters. The summed E-state index contributed by atoms with van der Waals surface area (Å²) < 4.78 is 26.6. The quantitative estimate of drug-likeness (QED) is 0.145. The molecule has 41 heavy (non-hydrogen) atoms. The number of benzene rings is 3. The van der Waals surface area contributed by atoms with Gasteiger partial charge in [0, 0.05) is 24.3 Å². The van der Waals surface area contributed by atoms with Gasteiger partial charge in [-0.3, -0.25) is 9.69 Å². The zero-order valence-electron chi connectivity index (χ0n) is 22.0. The average Bonchev–Trinajstić information content (AvgIpc) is 3.22. The molecular formula is C31H27NO9. The highest BCUT2D eigenvalue weighted by Gasteiger charge is 2.17. The normalized spacial score (nSPS) is 12.7. The van der Waals surface area contributed by atoms with Crippen molar-refractivity contribution in [3.8, 4) is 17.2 Å². The second-order valence-electron chi connectivity index (χ2n) is 8.56. The molecule has 0 fully saturated rings. The number of ether oxygens (including phenoxy) is 5.